The largest absolute Gasteiger partial charge is 0.358 e. The summed E-state index contributed by atoms with van der Waals surface area (Å²) in [5, 5.41) is 0. The molecule has 0 spiro atoms. The third-order valence-corrected chi connectivity index (χ3v) is 25.8. The Morgan fingerprint density at radius 1 is 0.172 bits per heavy atom. The molecule has 0 atom stereocenters. The van der Waals surface area contributed by atoms with E-state index in [0.29, 0.717) is 0 Å². The number of hydrogen-bond donors (Lipinski definition) is 0. The average molecular weight is 1910 g/mol. The van der Waals surface area contributed by atoms with E-state index in [9.17, 15) is 0 Å². The monoisotopic (exact) mass is 1910 g/mol. The van der Waals surface area contributed by atoms with E-state index < -0.39 is 0 Å². The minimum Gasteiger partial charge on any atom is -0.358 e. The molecule has 6 aromatic rings. The predicted octanol–water partition coefficient (Wildman–Crippen LogP) is 36.1. The van der Waals surface area contributed by atoms with Gasteiger partial charge in [0.1, 0.15) is 0 Å². The Labute approximate surface area is 804 Å². The molecular formula is C114H174Fe6N2. The van der Waals surface area contributed by atoms with Gasteiger partial charge in [-0.15, -0.1) is 0 Å². The fourth-order valence-corrected chi connectivity index (χ4v) is 19.1. The van der Waals surface area contributed by atoms with Crippen LogP contribution in [0.1, 0.15) is 398 Å². The van der Waals surface area contributed by atoms with Crippen LogP contribution in [-0.4, -0.2) is 32.5 Å². The first-order chi connectivity index (χ1) is 57.6. The van der Waals surface area contributed by atoms with Crippen molar-refractivity contribution in [1.82, 2.24) is 0 Å². The van der Waals surface area contributed by atoms with E-state index in [0.717, 1.165) is 35.5 Å². The molecule has 688 valence electrons. The summed E-state index contributed by atoms with van der Waals surface area (Å²) in [4.78, 5) is 4.84. The van der Waals surface area contributed by atoms with Gasteiger partial charge in [-0.05, 0) is 219 Å². The van der Waals surface area contributed by atoms with Gasteiger partial charge in [0.25, 0.3) is 0 Å². The molecule has 18 rings (SSSR count). The summed E-state index contributed by atoms with van der Waals surface area (Å²) >= 11 is 18.0. The second kappa shape index (κ2) is 80.8. The molecule has 12 aliphatic carbocycles. The van der Waals surface area contributed by atoms with E-state index in [1.54, 1.807) is 0 Å². The minimum absolute atomic E-state index is 0. The van der Waals surface area contributed by atoms with Crippen molar-refractivity contribution in [3.8, 4) is 0 Å². The number of benzene rings is 6. The third kappa shape index (κ3) is 48.2. The standard InChI is InChI=1S/C39H45N.C33H39N.6C5H10.6CH3.6CH2.6Fe/c1-2-8-31(7-1)13-16-34-19-25-37(26-20-34)40(38-27-21-35(22-28-38)17-14-32-9-3-4-10-32)39-29-23-36(24-30-39)18-15-33-11-5-6-12-33;1-2-8-25(7-1)28-13-19-31(20-14-28)34(32-21-15-29(16-22-32)26-9-3-4-10-26)33-23-17-30(18-24-33)27-11-5-6-12-27;6*1-2-4-5-3-1;;;;;;;;;;;;;;;;;;/h13-33H,1-12H2;13-27H,1-12H2;6*1-5H2;6*1H3;6*1H2;;;;;;/q;;;;;;;;6*-1;;;;;;;6*+1/b16-13+,17-14+,18-15+;;;;;;;;;;;;;;;;;;;;;;;;;. The van der Waals surface area contributed by atoms with Crippen LogP contribution in [0.5, 0.6) is 0 Å². The van der Waals surface area contributed by atoms with Crippen LogP contribution in [0.25, 0.3) is 18.2 Å². The second-order valence-electron chi connectivity index (χ2n) is 34.0. The smallest absolute Gasteiger partial charge is 0.0461 e. The van der Waals surface area contributed by atoms with Gasteiger partial charge in [0, 0.05) is 34.1 Å². The van der Waals surface area contributed by atoms with Gasteiger partial charge in [-0.2, -0.15) is 0 Å². The first kappa shape index (κ1) is 121. The fourth-order valence-electron chi connectivity index (χ4n) is 19.1. The number of anilines is 6. The summed E-state index contributed by atoms with van der Waals surface area (Å²) in [5.74, 6) is 4.58. The quantitative estimate of drug-likeness (QED) is 0.0747. The maximum atomic E-state index is 3.00. The number of nitrogens with zero attached hydrogens (tertiary/aromatic N) is 2. The maximum Gasteiger partial charge on any atom is 0.0461 e. The van der Waals surface area contributed by atoms with Crippen molar-refractivity contribution in [2.75, 3.05) is 9.80 Å². The molecule has 0 aromatic heterocycles. The van der Waals surface area contributed by atoms with E-state index in [-0.39, 0.29) is 44.6 Å². The minimum atomic E-state index is 0. The van der Waals surface area contributed by atoms with Crippen LogP contribution in [0.4, 0.5) is 34.1 Å². The summed E-state index contributed by atoms with van der Waals surface area (Å²) < 4.78 is 0. The van der Waals surface area contributed by atoms with Crippen molar-refractivity contribution >= 4 is 84.9 Å². The first-order valence-electron chi connectivity index (χ1n) is 46.4. The predicted molar refractivity (Wildman–Crippen MR) is 539 cm³/mol. The Hall–Kier alpha value is -3.52. The Kier molecular flexibility index (Phi) is 79.8. The summed E-state index contributed by atoms with van der Waals surface area (Å²) in [5.41, 5.74) is 33.8. The molecule has 12 saturated carbocycles. The zero-order valence-corrected chi connectivity index (χ0v) is 84.9. The van der Waals surface area contributed by atoms with Crippen LogP contribution in [0.2, 0.25) is 0 Å². The zero-order chi connectivity index (χ0) is 82.9. The summed E-state index contributed by atoms with van der Waals surface area (Å²) in [6.45, 7) is 0. The van der Waals surface area contributed by atoms with Crippen LogP contribution in [-0.2, 0) is 93.5 Å². The SMILES string of the molecule is C(=C\C1CCCC1)/c1ccc(N(c2ccc(/C=C/C3CCCC3)cc2)c2ccc(/C=C/C3CCCC3)cc2)cc1.C1CCCC1.C1CCCC1.C1CCCC1.C1CCCC1.C1CCCC1.C1CCCC1.[CH2]=[Fe+].[CH2]=[Fe+].[CH2]=[Fe+].[CH2]=[Fe+].[CH2]=[Fe+].[CH2]=[Fe+].[CH3-].[CH3-].[CH3-].[CH3-].[CH3-].[CH3-].c1cc(N(c2ccc(C3CCCC3)cc2)c2ccc(C3CCCC3)cc2)ccc1C1CCCC1. The Morgan fingerprint density at radius 2 is 0.295 bits per heavy atom. The first-order valence-corrected chi connectivity index (χ1v) is 51.1. The molecule has 0 saturated heterocycles. The molecule has 0 aliphatic heterocycles. The molecular weight excluding hydrogens is 1730 g/mol. The molecule has 6 aromatic carbocycles. The van der Waals surface area contributed by atoms with Gasteiger partial charge in [-0.25, -0.2) is 0 Å². The molecule has 0 unspecified atom stereocenters. The van der Waals surface area contributed by atoms with Gasteiger partial charge < -0.3 is 54.4 Å². The van der Waals surface area contributed by atoms with Crippen molar-refractivity contribution in [2.24, 2.45) is 17.8 Å². The van der Waals surface area contributed by atoms with Gasteiger partial charge in [-0.3, -0.25) is 0 Å². The molecule has 0 heterocycles. The van der Waals surface area contributed by atoms with Gasteiger partial charge in [0.2, 0.25) is 0 Å². The maximum absolute atomic E-state index is 3.00. The van der Waals surface area contributed by atoms with Crippen LogP contribution in [0, 0.1) is 62.3 Å². The fraction of sp³-hybridized carbons (Fsp3) is 0.526. The van der Waals surface area contributed by atoms with Crippen LogP contribution in [0.3, 0.4) is 0 Å². The summed E-state index contributed by atoms with van der Waals surface area (Å²) in [6, 6.07) is 55.7. The zero-order valence-electron chi connectivity index (χ0n) is 78.2. The second-order valence-corrected chi connectivity index (χ2v) is 34.0. The molecule has 0 bridgehead atoms. The van der Waals surface area contributed by atoms with Gasteiger partial charge in [0.15, 0.2) is 0 Å². The van der Waals surface area contributed by atoms with Gasteiger partial charge in [-0.1, -0.05) is 379 Å². The Balaban J connectivity index is 0. The molecule has 8 heteroatoms. The van der Waals surface area contributed by atoms with Crippen molar-refractivity contribution in [3.05, 3.63) is 242 Å². The number of rotatable bonds is 15. The molecule has 122 heavy (non-hydrogen) atoms. The summed E-state index contributed by atoms with van der Waals surface area (Å²) in [7, 11) is 0. The van der Waals surface area contributed by atoms with Crippen LogP contribution < -0.4 is 9.80 Å². The van der Waals surface area contributed by atoms with E-state index >= 15 is 0 Å². The molecule has 2 nitrogen and oxygen atoms in total. The molecule has 12 fully saturated rings. The Morgan fingerprint density at radius 3 is 0.434 bits per heavy atom. The van der Waals surface area contributed by atoms with E-state index in [4.69, 9.17) is 0 Å². The van der Waals surface area contributed by atoms with Crippen LogP contribution in [0.15, 0.2) is 164 Å². The van der Waals surface area contributed by atoms with Gasteiger partial charge >= 0.3 is 126 Å². The van der Waals surface area contributed by atoms with E-state index in [1.165, 1.54) is 414 Å². The normalized spacial score (nSPS) is 17.9. The number of hydrogen-bond acceptors (Lipinski definition) is 2. The summed E-state index contributed by atoms with van der Waals surface area (Å²) in [6.07, 6.45) is 92.1. The van der Waals surface area contributed by atoms with Crippen molar-refractivity contribution in [3.63, 3.8) is 0 Å². The van der Waals surface area contributed by atoms with Gasteiger partial charge in [0.05, 0.1) is 0 Å². The molecule has 0 N–H and O–H groups in total. The third-order valence-electron chi connectivity index (χ3n) is 25.8. The number of allylic oxidation sites excluding steroid dienone is 3. The van der Waals surface area contributed by atoms with Crippen molar-refractivity contribution in [2.45, 2.75) is 364 Å². The van der Waals surface area contributed by atoms with Crippen molar-refractivity contribution in [1.29, 1.82) is 0 Å². The molecule has 0 radical (unpaired) electrons. The van der Waals surface area contributed by atoms with Crippen molar-refractivity contribution < 1.29 is 93.5 Å². The molecule has 12 aliphatic rings. The molecule has 0 amide bonds. The topological polar surface area (TPSA) is 6.48 Å². The van der Waals surface area contributed by atoms with Crippen LogP contribution >= 0.6 is 0 Å². The van der Waals surface area contributed by atoms with E-state index in [1.807, 2.05) is 0 Å². The average Bonchev–Trinajstić information content (AvgIpc) is 1.49. The Bertz CT molecular complexity index is 2930. The van der Waals surface area contributed by atoms with E-state index in [2.05, 4.69) is 318 Å².